The minimum Gasteiger partial charge on any atom is -0.236 e. The average molecular weight is 423 g/mol. The summed E-state index contributed by atoms with van der Waals surface area (Å²) in [6.07, 6.45) is 1.83. The number of pyridine rings is 1. The van der Waals surface area contributed by atoms with Gasteiger partial charge in [-0.3, -0.25) is 0 Å². The van der Waals surface area contributed by atoms with Crippen molar-refractivity contribution in [3.63, 3.8) is 0 Å². The van der Waals surface area contributed by atoms with Crippen molar-refractivity contribution in [2.45, 2.75) is 19.8 Å². The molecule has 0 aliphatic heterocycles. The molecule has 0 fully saturated rings. The zero-order valence-corrected chi connectivity index (χ0v) is 16.7. The minimum absolute atomic E-state index is 0.266. The average Bonchev–Trinajstić information content (AvgIpc) is 3.29. The number of halogens is 1. The first-order chi connectivity index (χ1) is 12.6. The molecule has 0 spiro atoms. The fourth-order valence-corrected chi connectivity index (χ4v) is 4.15. The van der Waals surface area contributed by atoms with Gasteiger partial charge in [-0.15, -0.1) is 0 Å². The van der Waals surface area contributed by atoms with Crippen LogP contribution in [0.2, 0.25) is 0 Å². The Morgan fingerprint density at radius 3 is 2.73 bits per heavy atom. The number of nitriles is 1. The van der Waals surface area contributed by atoms with E-state index >= 15 is 0 Å². The monoisotopic (exact) mass is 422 g/mol. The lowest BCUT2D eigenvalue weighted by molar-refractivity contribution is 0.776. The van der Waals surface area contributed by atoms with Gasteiger partial charge in [0.2, 0.25) is 0 Å². The van der Waals surface area contributed by atoms with Crippen molar-refractivity contribution >= 4 is 38.3 Å². The summed E-state index contributed by atoms with van der Waals surface area (Å²) in [5, 5.41) is 19.4. The summed E-state index contributed by atoms with van der Waals surface area (Å²) in [4.78, 5) is 4.63. The lowest BCUT2D eigenvalue weighted by Gasteiger charge is -2.05. The van der Waals surface area contributed by atoms with Crippen molar-refractivity contribution < 1.29 is 0 Å². The van der Waals surface area contributed by atoms with Crippen molar-refractivity contribution in [3.8, 4) is 22.9 Å². The van der Waals surface area contributed by atoms with Gasteiger partial charge in [-0.05, 0) is 74.1 Å². The summed E-state index contributed by atoms with van der Waals surface area (Å²) in [5.74, 6) is 0.266. The number of hydrogen-bond acceptors (Lipinski definition) is 4. The number of thiophene rings is 1. The van der Waals surface area contributed by atoms with E-state index in [2.05, 4.69) is 63.7 Å². The third-order valence-corrected chi connectivity index (χ3v) is 5.63. The topological polar surface area (TPSA) is 54.5 Å². The molecular formula is C20H15BrN4S. The van der Waals surface area contributed by atoms with Gasteiger partial charge in [0, 0.05) is 10.7 Å². The van der Waals surface area contributed by atoms with E-state index in [-0.39, 0.29) is 5.92 Å². The van der Waals surface area contributed by atoms with Gasteiger partial charge in [0.05, 0.1) is 22.3 Å². The van der Waals surface area contributed by atoms with E-state index < -0.39 is 0 Å². The first-order valence-corrected chi connectivity index (χ1v) is 9.94. The summed E-state index contributed by atoms with van der Waals surface area (Å²) < 4.78 is 2.62. The molecule has 4 nitrogen and oxygen atoms in total. The highest BCUT2D eigenvalue weighted by Crippen LogP contribution is 2.35. The van der Waals surface area contributed by atoms with Crippen molar-refractivity contribution in [1.82, 2.24) is 14.8 Å². The number of fused-ring (bicyclic) bond motifs is 1. The smallest absolute Gasteiger partial charge is 0.163 e. The summed E-state index contributed by atoms with van der Waals surface area (Å²) in [5.41, 5.74) is 5.66. The Bertz CT molecular complexity index is 1140. The SMILES string of the molecule is CC(C)c1nn(-c2ccc(C#N)c(Br)c2)c2nccc(-c3ccsc3)c12. The fourth-order valence-electron chi connectivity index (χ4n) is 3.04. The van der Waals surface area contributed by atoms with E-state index in [4.69, 9.17) is 10.4 Å². The van der Waals surface area contributed by atoms with E-state index in [1.807, 2.05) is 23.0 Å². The molecule has 128 valence electrons. The Labute approximate surface area is 163 Å². The van der Waals surface area contributed by atoms with Gasteiger partial charge in [-0.25, -0.2) is 9.67 Å². The van der Waals surface area contributed by atoms with Crippen LogP contribution < -0.4 is 0 Å². The molecular weight excluding hydrogens is 408 g/mol. The van der Waals surface area contributed by atoms with E-state index in [9.17, 15) is 0 Å². The predicted molar refractivity (Wildman–Crippen MR) is 109 cm³/mol. The van der Waals surface area contributed by atoms with Crippen molar-refractivity contribution in [2.24, 2.45) is 0 Å². The Balaban J connectivity index is 2.02. The summed E-state index contributed by atoms with van der Waals surface area (Å²) in [6, 6.07) is 12.0. The van der Waals surface area contributed by atoms with Crippen LogP contribution in [0.3, 0.4) is 0 Å². The van der Waals surface area contributed by atoms with Gasteiger partial charge in [0.1, 0.15) is 6.07 Å². The van der Waals surface area contributed by atoms with Crippen molar-refractivity contribution in [2.75, 3.05) is 0 Å². The second-order valence-corrected chi connectivity index (χ2v) is 7.93. The van der Waals surface area contributed by atoms with E-state index in [1.165, 1.54) is 5.56 Å². The number of benzene rings is 1. The maximum absolute atomic E-state index is 9.16. The standard InChI is InChI=1S/C20H15BrN4S/c1-12(2)19-18-16(14-6-8-26-11-14)5-7-23-20(18)25(24-19)15-4-3-13(10-22)17(21)9-15/h3-9,11-12H,1-2H3. The third kappa shape index (κ3) is 2.74. The van der Waals surface area contributed by atoms with Crippen LogP contribution in [-0.2, 0) is 0 Å². The summed E-state index contributed by atoms with van der Waals surface area (Å²) in [7, 11) is 0. The van der Waals surface area contributed by atoms with E-state index in [0.717, 1.165) is 32.5 Å². The van der Waals surface area contributed by atoms with Crippen LogP contribution in [0.5, 0.6) is 0 Å². The van der Waals surface area contributed by atoms with Crippen LogP contribution in [0.4, 0.5) is 0 Å². The van der Waals surface area contributed by atoms with Gasteiger partial charge in [-0.1, -0.05) is 13.8 Å². The molecule has 0 radical (unpaired) electrons. The van der Waals surface area contributed by atoms with Gasteiger partial charge in [0.15, 0.2) is 5.65 Å². The molecule has 0 atom stereocenters. The molecule has 0 aliphatic rings. The zero-order valence-electron chi connectivity index (χ0n) is 14.3. The normalized spacial score (nSPS) is 11.2. The lowest BCUT2D eigenvalue weighted by atomic mass is 10.0. The molecule has 0 bridgehead atoms. The second-order valence-electron chi connectivity index (χ2n) is 6.30. The van der Waals surface area contributed by atoms with Gasteiger partial charge in [-0.2, -0.15) is 21.7 Å². The molecule has 0 N–H and O–H groups in total. The molecule has 0 amide bonds. The molecule has 1 aromatic carbocycles. The van der Waals surface area contributed by atoms with Gasteiger partial charge in [0.25, 0.3) is 0 Å². The Kier molecular flexibility index (Phi) is 4.35. The van der Waals surface area contributed by atoms with Crippen LogP contribution in [0.25, 0.3) is 27.8 Å². The predicted octanol–water partition coefficient (Wildman–Crippen LogP) is 5.91. The summed E-state index contributed by atoms with van der Waals surface area (Å²) >= 11 is 5.15. The highest BCUT2D eigenvalue weighted by molar-refractivity contribution is 9.10. The second kappa shape index (κ2) is 6.67. The molecule has 0 unspecified atom stereocenters. The quantitative estimate of drug-likeness (QED) is 0.412. The molecule has 0 aliphatic carbocycles. The molecule has 26 heavy (non-hydrogen) atoms. The molecule has 4 rings (SSSR count). The lowest BCUT2D eigenvalue weighted by Crippen LogP contribution is -1.99. The van der Waals surface area contributed by atoms with Gasteiger partial charge >= 0.3 is 0 Å². The highest BCUT2D eigenvalue weighted by atomic mass is 79.9. The Morgan fingerprint density at radius 1 is 1.23 bits per heavy atom. The molecule has 0 saturated carbocycles. The van der Waals surface area contributed by atoms with Crippen molar-refractivity contribution in [3.05, 3.63) is 63.0 Å². The van der Waals surface area contributed by atoms with Crippen LogP contribution in [0, 0.1) is 11.3 Å². The first kappa shape index (κ1) is 17.0. The molecule has 6 heteroatoms. The number of hydrogen-bond donors (Lipinski definition) is 0. The highest BCUT2D eigenvalue weighted by Gasteiger charge is 2.20. The molecule has 3 heterocycles. The maximum Gasteiger partial charge on any atom is 0.163 e. The number of aromatic nitrogens is 3. The maximum atomic E-state index is 9.16. The van der Waals surface area contributed by atoms with Crippen LogP contribution in [0.15, 0.2) is 51.8 Å². The van der Waals surface area contributed by atoms with E-state index in [0.29, 0.717) is 5.56 Å². The first-order valence-electron chi connectivity index (χ1n) is 8.20. The molecule has 4 aromatic rings. The summed E-state index contributed by atoms with van der Waals surface area (Å²) in [6.45, 7) is 4.29. The van der Waals surface area contributed by atoms with Crippen LogP contribution in [0.1, 0.15) is 31.0 Å². The third-order valence-electron chi connectivity index (χ3n) is 4.29. The Morgan fingerprint density at radius 2 is 2.08 bits per heavy atom. The number of nitrogens with zero attached hydrogens (tertiary/aromatic N) is 4. The van der Waals surface area contributed by atoms with Crippen molar-refractivity contribution in [1.29, 1.82) is 5.26 Å². The Hall–Kier alpha value is -2.49. The van der Waals surface area contributed by atoms with Gasteiger partial charge < -0.3 is 0 Å². The van der Waals surface area contributed by atoms with Crippen LogP contribution >= 0.6 is 27.3 Å². The molecule has 3 aromatic heterocycles. The minimum atomic E-state index is 0.266. The largest absolute Gasteiger partial charge is 0.236 e. The fraction of sp³-hybridized carbons (Fsp3) is 0.150. The number of rotatable bonds is 3. The van der Waals surface area contributed by atoms with E-state index in [1.54, 1.807) is 17.4 Å². The molecule has 0 saturated heterocycles. The van der Waals surface area contributed by atoms with Crippen LogP contribution in [-0.4, -0.2) is 14.8 Å². The zero-order chi connectivity index (χ0) is 18.3.